The van der Waals surface area contributed by atoms with Gasteiger partial charge < -0.3 is 14.7 Å². The Morgan fingerprint density at radius 2 is 2.22 bits per heavy atom. The van der Waals surface area contributed by atoms with Crippen LogP contribution in [0.25, 0.3) is 11.4 Å². The lowest BCUT2D eigenvalue weighted by Gasteiger charge is -2.34. The Hall–Kier alpha value is -2.48. The summed E-state index contributed by atoms with van der Waals surface area (Å²) in [6.45, 7) is 5.88. The molecule has 3 heterocycles. The Balaban J connectivity index is 1.76. The molecule has 0 spiro atoms. The number of esters is 1. The van der Waals surface area contributed by atoms with Gasteiger partial charge in [-0.05, 0) is 44.7 Å². The molecule has 3 rings (SSSR count). The molecule has 0 bridgehead atoms. The molecule has 1 saturated heterocycles. The van der Waals surface area contributed by atoms with Crippen molar-refractivity contribution in [1.82, 2.24) is 20.0 Å². The van der Waals surface area contributed by atoms with E-state index in [9.17, 15) is 9.90 Å². The van der Waals surface area contributed by atoms with Gasteiger partial charge in [0.15, 0.2) is 0 Å². The van der Waals surface area contributed by atoms with E-state index in [1.807, 2.05) is 26.0 Å². The number of aromatic nitrogens is 4. The monoisotopic (exact) mass is 373 g/mol. The first kappa shape index (κ1) is 19.3. The van der Waals surface area contributed by atoms with Crippen LogP contribution in [-0.2, 0) is 23.2 Å². The second kappa shape index (κ2) is 8.47. The largest absolute Gasteiger partial charge is 0.466 e. The van der Waals surface area contributed by atoms with Crippen LogP contribution in [0.4, 0.5) is 5.69 Å². The van der Waals surface area contributed by atoms with Crippen molar-refractivity contribution in [2.75, 3.05) is 24.6 Å². The zero-order valence-corrected chi connectivity index (χ0v) is 16.2. The number of carbonyl (C=O) groups is 1. The van der Waals surface area contributed by atoms with Crippen LogP contribution in [0.3, 0.4) is 0 Å². The molecule has 8 nitrogen and oxygen atoms in total. The number of carbonyl (C=O) groups excluding carboxylic acids is 1. The minimum atomic E-state index is -0.136. The Kier molecular flexibility index (Phi) is 6.05. The van der Waals surface area contributed by atoms with Gasteiger partial charge in [-0.1, -0.05) is 5.21 Å². The lowest BCUT2D eigenvalue weighted by Crippen LogP contribution is -2.37. The van der Waals surface area contributed by atoms with E-state index in [1.54, 1.807) is 11.7 Å². The number of aliphatic hydroxyl groups is 1. The molecular formula is C19H27N5O3. The van der Waals surface area contributed by atoms with Crippen molar-refractivity contribution < 1.29 is 14.6 Å². The molecule has 2 aromatic rings. The Bertz CT molecular complexity index is 805. The minimum Gasteiger partial charge on any atom is -0.466 e. The second-order valence-corrected chi connectivity index (χ2v) is 6.93. The fourth-order valence-corrected chi connectivity index (χ4v) is 3.68. The zero-order valence-electron chi connectivity index (χ0n) is 16.2. The molecule has 1 aliphatic heterocycles. The quantitative estimate of drug-likeness (QED) is 0.772. The van der Waals surface area contributed by atoms with Crippen molar-refractivity contribution in [2.45, 2.75) is 39.7 Å². The highest BCUT2D eigenvalue weighted by Gasteiger charge is 2.24. The third-order valence-electron chi connectivity index (χ3n) is 5.01. The van der Waals surface area contributed by atoms with E-state index in [0.717, 1.165) is 37.3 Å². The molecule has 0 aromatic carbocycles. The summed E-state index contributed by atoms with van der Waals surface area (Å²) >= 11 is 0. The van der Waals surface area contributed by atoms with Gasteiger partial charge >= 0.3 is 5.97 Å². The fraction of sp³-hybridized carbons (Fsp3) is 0.579. The molecule has 0 saturated carbocycles. The first-order valence-electron chi connectivity index (χ1n) is 9.41. The average molecular weight is 373 g/mol. The molecule has 146 valence electrons. The second-order valence-electron chi connectivity index (χ2n) is 6.93. The smallest absolute Gasteiger partial charge is 0.306 e. The van der Waals surface area contributed by atoms with Crippen LogP contribution in [0.1, 0.15) is 37.6 Å². The molecule has 1 aliphatic rings. The summed E-state index contributed by atoms with van der Waals surface area (Å²) in [4.78, 5) is 18.8. The molecule has 0 aliphatic carbocycles. The van der Waals surface area contributed by atoms with Crippen molar-refractivity contribution in [2.24, 2.45) is 13.0 Å². The highest BCUT2D eigenvalue weighted by Crippen LogP contribution is 2.29. The van der Waals surface area contributed by atoms with Crippen LogP contribution in [0.5, 0.6) is 0 Å². The molecule has 0 radical (unpaired) electrons. The van der Waals surface area contributed by atoms with Gasteiger partial charge in [-0.15, -0.1) is 5.10 Å². The number of hydrogen-bond donors (Lipinski definition) is 1. The average Bonchev–Trinajstić information content (AvgIpc) is 3.02. The molecule has 0 amide bonds. The maximum Gasteiger partial charge on any atom is 0.306 e. The number of pyridine rings is 1. The van der Waals surface area contributed by atoms with Crippen LogP contribution < -0.4 is 4.90 Å². The number of aliphatic hydroxyl groups excluding tert-OH is 1. The van der Waals surface area contributed by atoms with Crippen molar-refractivity contribution in [3.8, 4) is 11.4 Å². The maximum absolute atomic E-state index is 11.8. The standard InChI is InChI=1S/C19H27N5O3/c1-4-27-18(26)10-14-6-5-9-24(11-14)16-8-7-15(20-13(16)2)19-17(12-25)23(3)22-21-19/h7-8,14,25H,4-6,9-12H2,1-3H3/t14-/m1/s1. The highest BCUT2D eigenvalue weighted by atomic mass is 16.5. The zero-order chi connectivity index (χ0) is 19.4. The number of ether oxygens (including phenoxy) is 1. The van der Waals surface area contributed by atoms with E-state index in [1.165, 1.54) is 0 Å². The van der Waals surface area contributed by atoms with E-state index in [4.69, 9.17) is 9.72 Å². The molecule has 27 heavy (non-hydrogen) atoms. The van der Waals surface area contributed by atoms with Crippen molar-refractivity contribution >= 4 is 11.7 Å². The van der Waals surface area contributed by atoms with Crippen LogP contribution in [0.15, 0.2) is 12.1 Å². The van der Waals surface area contributed by atoms with Gasteiger partial charge in [0, 0.05) is 20.1 Å². The minimum absolute atomic E-state index is 0.117. The van der Waals surface area contributed by atoms with Crippen LogP contribution in [-0.4, -0.2) is 50.8 Å². The molecular weight excluding hydrogens is 346 g/mol. The summed E-state index contributed by atoms with van der Waals surface area (Å²) in [7, 11) is 1.75. The van der Waals surface area contributed by atoms with E-state index in [0.29, 0.717) is 36.0 Å². The van der Waals surface area contributed by atoms with Crippen LogP contribution in [0.2, 0.25) is 0 Å². The molecule has 1 atom stereocenters. The topological polar surface area (TPSA) is 93.4 Å². The summed E-state index contributed by atoms with van der Waals surface area (Å²) in [6.07, 6.45) is 2.55. The van der Waals surface area contributed by atoms with E-state index < -0.39 is 0 Å². The molecule has 1 fully saturated rings. The van der Waals surface area contributed by atoms with E-state index in [2.05, 4.69) is 15.2 Å². The molecule has 1 N–H and O–H groups in total. The molecule has 8 heteroatoms. The first-order valence-corrected chi connectivity index (χ1v) is 9.41. The van der Waals surface area contributed by atoms with Gasteiger partial charge in [0.25, 0.3) is 0 Å². The van der Waals surface area contributed by atoms with Crippen molar-refractivity contribution in [1.29, 1.82) is 0 Å². The summed E-state index contributed by atoms with van der Waals surface area (Å²) in [5.74, 6) is 0.187. The van der Waals surface area contributed by atoms with Gasteiger partial charge in [-0.2, -0.15) is 0 Å². The highest BCUT2D eigenvalue weighted by molar-refractivity contribution is 5.70. The van der Waals surface area contributed by atoms with E-state index in [-0.39, 0.29) is 12.6 Å². The number of piperidine rings is 1. The van der Waals surface area contributed by atoms with E-state index >= 15 is 0 Å². The first-order chi connectivity index (χ1) is 13.0. The normalized spacial score (nSPS) is 17.2. The molecule has 2 aromatic heterocycles. The van der Waals surface area contributed by atoms with Gasteiger partial charge in [-0.25, -0.2) is 9.67 Å². The Labute approximate surface area is 159 Å². The van der Waals surface area contributed by atoms with Gasteiger partial charge in [0.1, 0.15) is 5.69 Å². The Morgan fingerprint density at radius 1 is 1.41 bits per heavy atom. The van der Waals surface area contributed by atoms with Crippen LogP contribution in [0, 0.1) is 12.8 Å². The Morgan fingerprint density at radius 3 is 2.93 bits per heavy atom. The summed E-state index contributed by atoms with van der Waals surface area (Å²) in [5.41, 5.74) is 3.92. The summed E-state index contributed by atoms with van der Waals surface area (Å²) in [5, 5.41) is 17.6. The van der Waals surface area contributed by atoms with Gasteiger partial charge in [0.05, 0.1) is 42.4 Å². The van der Waals surface area contributed by atoms with Crippen molar-refractivity contribution in [3.05, 3.63) is 23.5 Å². The lowest BCUT2D eigenvalue weighted by molar-refractivity contribution is -0.144. The summed E-state index contributed by atoms with van der Waals surface area (Å²) < 4.78 is 6.65. The fourth-order valence-electron chi connectivity index (χ4n) is 3.68. The predicted octanol–water partition coefficient (Wildman–Crippen LogP) is 1.85. The molecule has 0 unspecified atom stereocenters. The number of anilines is 1. The number of hydrogen-bond acceptors (Lipinski definition) is 7. The van der Waals surface area contributed by atoms with Crippen molar-refractivity contribution in [3.63, 3.8) is 0 Å². The van der Waals surface area contributed by atoms with Gasteiger partial charge in [0.2, 0.25) is 0 Å². The maximum atomic E-state index is 11.8. The number of rotatable bonds is 6. The summed E-state index contributed by atoms with van der Waals surface area (Å²) in [6, 6.07) is 3.96. The SMILES string of the molecule is CCOC(=O)C[C@H]1CCCN(c2ccc(-c3nnn(C)c3CO)nc2C)C1. The number of nitrogens with zero attached hydrogens (tertiary/aromatic N) is 5. The third kappa shape index (κ3) is 4.27. The predicted molar refractivity (Wildman–Crippen MR) is 101 cm³/mol. The van der Waals surface area contributed by atoms with Gasteiger partial charge in [-0.3, -0.25) is 4.79 Å². The lowest BCUT2D eigenvalue weighted by atomic mass is 9.94. The number of aryl methyl sites for hydroxylation is 2. The van der Waals surface area contributed by atoms with Crippen LogP contribution >= 0.6 is 0 Å². The third-order valence-corrected chi connectivity index (χ3v) is 5.01.